The first kappa shape index (κ1) is 16.0. The monoisotopic (exact) mass is 362 g/mol. The van der Waals surface area contributed by atoms with E-state index >= 15 is 0 Å². The highest BCUT2D eigenvalue weighted by Crippen LogP contribution is 2.41. The summed E-state index contributed by atoms with van der Waals surface area (Å²) in [5.41, 5.74) is 2.27. The minimum atomic E-state index is -0.118. The number of carbonyl (C=O) groups is 1. The minimum Gasteiger partial charge on any atom is -0.332 e. The Balaban J connectivity index is 1.34. The Hall–Kier alpha value is -1.47. The largest absolute Gasteiger partial charge is 0.332 e. The van der Waals surface area contributed by atoms with Gasteiger partial charge in [-0.15, -0.1) is 22.7 Å². The molecule has 2 aromatic rings. The van der Waals surface area contributed by atoms with Crippen molar-refractivity contribution >= 4 is 28.7 Å². The lowest BCUT2D eigenvalue weighted by atomic mass is 10.0. The molecule has 128 valence electrons. The summed E-state index contributed by atoms with van der Waals surface area (Å²) in [5.74, 6) is 0.536. The number of hydrogen-bond donors (Lipinski definition) is 2. The van der Waals surface area contributed by atoms with Crippen molar-refractivity contribution in [2.75, 3.05) is 0 Å². The van der Waals surface area contributed by atoms with E-state index in [0.29, 0.717) is 12.5 Å². The van der Waals surface area contributed by atoms with Crippen LogP contribution in [0.2, 0.25) is 0 Å². The number of aromatic nitrogens is 2. The van der Waals surface area contributed by atoms with Gasteiger partial charge in [-0.1, -0.05) is 0 Å². The third-order valence-corrected chi connectivity index (χ3v) is 6.78. The van der Waals surface area contributed by atoms with E-state index in [1.54, 1.807) is 22.7 Å². The van der Waals surface area contributed by atoms with Gasteiger partial charge in [0.25, 0.3) is 0 Å². The summed E-state index contributed by atoms with van der Waals surface area (Å²) in [6, 6.07) is -0.0684. The van der Waals surface area contributed by atoms with Gasteiger partial charge in [-0.05, 0) is 51.4 Å². The van der Waals surface area contributed by atoms with Gasteiger partial charge in [-0.3, -0.25) is 0 Å². The van der Waals surface area contributed by atoms with Crippen LogP contribution in [0.5, 0.6) is 0 Å². The Morgan fingerprint density at radius 2 is 2.17 bits per heavy atom. The lowest BCUT2D eigenvalue weighted by molar-refractivity contribution is 0.235. The van der Waals surface area contributed by atoms with E-state index in [9.17, 15) is 4.79 Å². The molecule has 1 fully saturated rings. The van der Waals surface area contributed by atoms with Gasteiger partial charge in [0.2, 0.25) is 0 Å². The average molecular weight is 363 g/mol. The van der Waals surface area contributed by atoms with Gasteiger partial charge in [-0.25, -0.2) is 14.8 Å². The topological polar surface area (TPSA) is 66.9 Å². The standard InChI is InChI=1S/C17H22N4OS2/c1-10-9-23-16(19-10)15(11-6-7-11)21-17(22)18-8-14-20-12-4-2-3-5-13(12)24-14/h9,11,15H,2-8H2,1H3,(H2,18,21,22). The van der Waals surface area contributed by atoms with Gasteiger partial charge in [0, 0.05) is 16.0 Å². The summed E-state index contributed by atoms with van der Waals surface area (Å²) in [4.78, 5) is 23.0. The molecule has 2 aromatic heterocycles. The van der Waals surface area contributed by atoms with Crippen LogP contribution in [-0.2, 0) is 19.4 Å². The molecule has 1 unspecified atom stereocenters. The third-order valence-electron chi connectivity index (χ3n) is 4.57. The van der Waals surface area contributed by atoms with Gasteiger partial charge < -0.3 is 10.6 Å². The molecule has 0 aliphatic heterocycles. The Morgan fingerprint density at radius 1 is 1.33 bits per heavy atom. The molecular formula is C17H22N4OS2. The molecule has 2 aliphatic carbocycles. The molecular weight excluding hydrogens is 340 g/mol. The van der Waals surface area contributed by atoms with Crippen LogP contribution in [0.25, 0.3) is 0 Å². The third kappa shape index (κ3) is 3.62. The molecule has 0 aromatic carbocycles. The number of nitrogens with one attached hydrogen (secondary N) is 2. The van der Waals surface area contributed by atoms with Crippen molar-refractivity contribution in [3.63, 3.8) is 0 Å². The SMILES string of the molecule is Cc1csc(C(NC(=O)NCc2nc3c(s2)CCCC3)C2CC2)n1. The van der Waals surface area contributed by atoms with Crippen LogP contribution < -0.4 is 10.6 Å². The van der Waals surface area contributed by atoms with Crippen LogP contribution in [0.1, 0.15) is 58.0 Å². The summed E-state index contributed by atoms with van der Waals surface area (Å²) in [6.45, 7) is 2.51. The highest BCUT2D eigenvalue weighted by molar-refractivity contribution is 7.11. The molecule has 4 rings (SSSR count). The van der Waals surface area contributed by atoms with Crippen LogP contribution in [0.4, 0.5) is 4.79 Å². The van der Waals surface area contributed by atoms with E-state index in [1.165, 1.54) is 36.3 Å². The molecule has 2 heterocycles. The smallest absolute Gasteiger partial charge is 0.315 e. The number of thiazole rings is 2. The number of nitrogens with zero attached hydrogens (tertiary/aromatic N) is 2. The van der Waals surface area contributed by atoms with Gasteiger partial charge in [0.15, 0.2) is 0 Å². The summed E-state index contributed by atoms with van der Waals surface area (Å²) in [6.07, 6.45) is 7.07. The normalized spacial score (nSPS) is 18.0. The zero-order chi connectivity index (χ0) is 16.5. The zero-order valence-electron chi connectivity index (χ0n) is 13.8. The fourth-order valence-corrected chi connectivity index (χ4v) is 5.19. The molecule has 2 amide bonds. The van der Waals surface area contributed by atoms with Crippen molar-refractivity contribution in [1.29, 1.82) is 0 Å². The first-order chi connectivity index (χ1) is 11.7. The Bertz CT molecular complexity index is 711. The molecule has 0 bridgehead atoms. The fraction of sp³-hybridized carbons (Fsp3) is 0.588. The van der Waals surface area contributed by atoms with E-state index in [4.69, 9.17) is 0 Å². The molecule has 5 nitrogen and oxygen atoms in total. The minimum absolute atomic E-state index is 0.0493. The van der Waals surface area contributed by atoms with Crippen molar-refractivity contribution in [2.24, 2.45) is 5.92 Å². The average Bonchev–Trinajstić information content (AvgIpc) is 3.19. The highest BCUT2D eigenvalue weighted by Gasteiger charge is 2.35. The maximum Gasteiger partial charge on any atom is 0.315 e. The Morgan fingerprint density at radius 3 is 2.88 bits per heavy atom. The van der Waals surface area contributed by atoms with Gasteiger partial charge in [0.05, 0.1) is 18.3 Å². The molecule has 0 spiro atoms. The zero-order valence-corrected chi connectivity index (χ0v) is 15.4. The van der Waals surface area contributed by atoms with E-state index in [2.05, 4.69) is 20.6 Å². The van der Waals surface area contributed by atoms with E-state index < -0.39 is 0 Å². The van der Waals surface area contributed by atoms with Crippen molar-refractivity contribution in [2.45, 2.75) is 58.0 Å². The summed E-state index contributed by atoms with van der Waals surface area (Å²) in [7, 11) is 0. The number of urea groups is 1. The summed E-state index contributed by atoms with van der Waals surface area (Å²) >= 11 is 3.39. The van der Waals surface area contributed by atoms with Crippen molar-refractivity contribution in [3.8, 4) is 0 Å². The number of amides is 2. The second-order valence-corrected chi connectivity index (χ2v) is 8.71. The van der Waals surface area contributed by atoms with E-state index in [-0.39, 0.29) is 12.1 Å². The summed E-state index contributed by atoms with van der Waals surface area (Å²) < 4.78 is 0. The molecule has 0 radical (unpaired) electrons. The van der Waals surface area contributed by atoms with Crippen molar-refractivity contribution < 1.29 is 4.79 Å². The van der Waals surface area contributed by atoms with E-state index in [0.717, 1.165) is 28.6 Å². The number of carbonyl (C=O) groups excluding carboxylic acids is 1. The summed E-state index contributed by atoms with van der Waals surface area (Å²) in [5, 5.41) is 10.2. The number of hydrogen-bond acceptors (Lipinski definition) is 5. The quantitative estimate of drug-likeness (QED) is 0.851. The first-order valence-corrected chi connectivity index (χ1v) is 10.3. The number of aryl methyl sites for hydroxylation is 3. The van der Waals surface area contributed by atoms with Crippen molar-refractivity contribution in [1.82, 2.24) is 20.6 Å². The maximum absolute atomic E-state index is 12.3. The predicted molar refractivity (Wildman–Crippen MR) is 96.4 cm³/mol. The first-order valence-electron chi connectivity index (χ1n) is 8.63. The molecule has 1 atom stereocenters. The number of fused-ring (bicyclic) bond motifs is 1. The van der Waals surface area contributed by atoms with Crippen LogP contribution in [0.3, 0.4) is 0 Å². The second kappa shape index (κ2) is 6.80. The maximum atomic E-state index is 12.3. The lowest BCUT2D eigenvalue weighted by Gasteiger charge is -2.16. The van der Waals surface area contributed by atoms with Gasteiger partial charge in [-0.2, -0.15) is 0 Å². The van der Waals surface area contributed by atoms with Gasteiger partial charge in [0.1, 0.15) is 10.0 Å². The number of rotatable bonds is 5. The molecule has 0 saturated heterocycles. The van der Waals surface area contributed by atoms with Crippen LogP contribution in [0.15, 0.2) is 5.38 Å². The predicted octanol–water partition coefficient (Wildman–Crippen LogP) is 3.74. The molecule has 1 saturated carbocycles. The lowest BCUT2D eigenvalue weighted by Crippen LogP contribution is -2.38. The molecule has 2 N–H and O–H groups in total. The van der Waals surface area contributed by atoms with Crippen LogP contribution in [0, 0.1) is 12.8 Å². The Kier molecular flexibility index (Phi) is 4.54. The highest BCUT2D eigenvalue weighted by atomic mass is 32.1. The van der Waals surface area contributed by atoms with Gasteiger partial charge >= 0.3 is 6.03 Å². The molecule has 7 heteroatoms. The molecule has 2 aliphatic rings. The van der Waals surface area contributed by atoms with Crippen LogP contribution >= 0.6 is 22.7 Å². The second-order valence-electron chi connectivity index (χ2n) is 6.65. The Labute approximate surface area is 149 Å². The molecule has 24 heavy (non-hydrogen) atoms. The van der Waals surface area contributed by atoms with Crippen molar-refractivity contribution in [3.05, 3.63) is 31.7 Å². The fourth-order valence-electron chi connectivity index (χ4n) is 3.16. The van der Waals surface area contributed by atoms with Crippen LogP contribution in [-0.4, -0.2) is 16.0 Å². The van der Waals surface area contributed by atoms with E-state index in [1.807, 2.05) is 12.3 Å².